The largest absolute Gasteiger partial charge is 0.491 e. The number of amides is 1. The van der Waals surface area contributed by atoms with Crippen LogP contribution in [0.25, 0.3) is 0 Å². The number of ether oxygens (including phenoxy) is 3. The fourth-order valence-corrected chi connectivity index (χ4v) is 2.45. The van der Waals surface area contributed by atoms with Gasteiger partial charge < -0.3 is 30.2 Å². The molecule has 0 aliphatic rings. The lowest BCUT2D eigenvalue weighted by Crippen LogP contribution is -2.42. The summed E-state index contributed by atoms with van der Waals surface area (Å²) >= 11 is 0. The van der Waals surface area contributed by atoms with E-state index in [9.17, 15) is 4.79 Å². The molecular weight excluding hydrogens is 511 g/mol. The number of aryl methyl sites for hydroxylation is 1. The number of hydrogen-bond donors (Lipinski definition) is 3. The van der Waals surface area contributed by atoms with Gasteiger partial charge >= 0.3 is 6.09 Å². The van der Waals surface area contributed by atoms with Crippen LogP contribution in [-0.4, -0.2) is 57.1 Å². The highest BCUT2D eigenvalue weighted by molar-refractivity contribution is 14.0. The molecule has 0 aromatic heterocycles. The summed E-state index contributed by atoms with van der Waals surface area (Å²) in [5.41, 5.74) is 1.62. The van der Waals surface area contributed by atoms with Gasteiger partial charge in [0.2, 0.25) is 0 Å². The number of benzene rings is 1. The van der Waals surface area contributed by atoms with E-state index in [-0.39, 0.29) is 24.0 Å². The molecule has 0 bridgehead atoms. The van der Waals surface area contributed by atoms with Gasteiger partial charge in [0.25, 0.3) is 0 Å². The van der Waals surface area contributed by atoms with Crippen LogP contribution >= 0.6 is 24.0 Å². The van der Waals surface area contributed by atoms with Gasteiger partial charge in [0.1, 0.15) is 18.0 Å². The van der Waals surface area contributed by atoms with Crippen LogP contribution in [-0.2, 0) is 16.0 Å². The van der Waals surface area contributed by atoms with E-state index in [4.69, 9.17) is 14.2 Å². The SMILES string of the molecule is CCNC(=NCc1ccc(C)cc1OCCOCC)NCCNC(=O)OC(C)(C)C.I. The Balaban J connectivity index is 0.00000900. The van der Waals surface area contributed by atoms with E-state index in [1.165, 1.54) is 0 Å². The molecule has 0 saturated heterocycles. The third-order valence-electron chi connectivity index (χ3n) is 3.75. The predicted molar refractivity (Wildman–Crippen MR) is 136 cm³/mol. The van der Waals surface area contributed by atoms with E-state index < -0.39 is 11.7 Å². The summed E-state index contributed by atoms with van der Waals surface area (Å²) in [6.45, 7) is 15.4. The van der Waals surface area contributed by atoms with Crippen molar-refractivity contribution in [3.8, 4) is 5.75 Å². The zero-order valence-corrected chi connectivity index (χ0v) is 22.0. The van der Waals surface area contributed by atoms with Gasteiger partial charge in [-0.3, -0.25) is 0 Å². The predicted octanol–water partition coefficient (Wildman–Crippen LogP) is 3.61. The van der Waals surface area contributed by atoms with Crippen molar-refractivity contribution in [2.75, 3.05) is 39.5 Å². The Hall–Kier alpha value is -1.75. The molecule has 3 N–H and O–H groups in total. The molecule has 1 aromatic carbocycles. The molecule has 0 fully saturated rings. The molecule has 8 nitrogen and oxygen atoms in total. The molecule has 0 spiro atoms. The summed E-state index contributed by atoms with van der Waals surface area (Å²) in [5.74, 6) is 1.49. The minimum Gasteiger partial charge on any atom is -0.491 e. The molecular formula is C22H39IN4O4. The number of carbonyl (C=O) groups is 1. The Morgan fingerprint density at radius 1 is 1.06 bits per heavy atom. The number of rotatable bonds is 11. The lowest BCUT2D eigenvalue weighted by molar-refractivity contribution is 0.0529. The summed E-state index contributed by atoms with van der Waals surface area (Å²) in [4.78, 5) is 16.3. The van der Waals surface area contributed by atoms with Gasteiger partial charge in [-0.25, -0.2) is 9.79 Å². The van der Waals surface area contributed by atoms with Crippen LogP contribution in [0.3, 0.4) is 0 Å². The first kappa shape index (κ1) is 29.2. The average Bonchev–Trinajstić information content (AvgIpc) is 2.66. The van der Waals surface area contributed by atoms with Crippen molar-refractivity contribution in [1.82, 2.24) is 16.0 Å². The zero-order valence-electron chi connectivity index (χ0n) is 19.7. The summed E-state index contributed by atoms with van der Waals surface area (Å²) in [6, 6.07) is 6.09. The standard InChI is InChI=1S/C22H38N4O4.HI/c1-7-23-20(24-11-12-25-21(27)30-22(4,5)6)26-16-18-10-9-17(3)15-19(18)29-14-13-28-8-2;/h9-10,15H,7-8,11-14,16H2,1-6H3,(H,25,27)(H2,23,24,26);1H. The number of guanidine groups is 1. The first-order valence-corrected chi connectivity index (χ1v) is 10.5. The highest BCUT2D eigenvalue weighted by Gasteiger charge is 2.15. The molecule has 1 amide bonds. The quantitative estimate of drug-likeness (QED) is 0.169. The highest BCUT2D eigenvalue weighted by atomic mass is 127. The fourth-order valence-electron chi connectivity index (χ4n) is 2.45. The van der Waals surface area contributed by atoms with Gasteiger partial charge in [-0.2, -0.15) is 0 Å². The van der Waals surface area contributed by atoms with Crippen molar-refractivity contribution in [3.63, 3.8) is 0 Å². The molecule has 9 heteroatoms. The second-order valence-electron chi connectivity index (χ2n) is 7.71. The maximum atomic E-state index is 11.7. The van der Waals surface area contributed by atoms with Gasteiger partial charge in [-0.1, -0.05) is 12.1 Å². The second-order valence-corrected chi connectivity index (χ2v) is 7.71. The Labute approximate surface area is 203 Å². The third kappa shape index (κ3) is 14.0. The van der Waals surface area contributed by atoms with Crippen LogP contribution in [0.1, 0.15) is 45.7 Å². The van der Waals surface area contributed by atoms with Crippen molar-refractivity contribution in [2.45, 2.75) is 53.7 Å². The Kier molecular flexibility index (Phi) is 15.1. The number of hydrogen-bond acceptors (Lipinski definition) is 5. The molecule has 0 radical (unpaired) electrons. The molecule has 0 aliphatic heterocycles. The molecule has 0 heterocycles. The number of halogens is 1. The van der Waals surface area contributed by atoms with Crippen molar-refractivity contribution in [3.05, 3.63) is 29.3 Å². The first-order valence-electron chi connectivity index (χ1n) is 10.5. The summed E-state index contributed by atoms with van der Waals surface area (Å²) in [5, 5.41) is 9.13. The van der Waals surface area contributed by atoms with E-state index in [1.54, 1.807) is 0 Å². The number of alkyl carbamates (subject to hydrolysis) is 1. The lowest BCUT2D eigenvalue weighted by atomic mass is 10.1. The smallest absolute Gasteiger partial charge is 0.407 e. The second kappa shape index (κ2) is 16.0. The van der Waals surface area contributed by atoms with Gasteiger partial charge in [0.15, 0.2) is 5.96 Å². The number of aliphatic imine (C=N–C) groups is 1. The van der Waals surface area contributed by atoms with E-state index >= 15 is 0 Å². The summed E-state index contributed by atoms with van der Waals surface area (Å²) < 4.78 is 16.4. The Bertz CT molecular complexity index is 678. The maximum Gasteiger partial charge on any atom is 0.407 e. The summed E-state index contributed by atoms with van der Waals surface area (Å²) in [7, 11) is 0. The van der Waals surface area contributed by atoms with Crippen molar-refractivity contribution >= 4 is 36.0 Å². The third-order valence-corrected chi connectivity index (χ3v) is 3.75. The molecule has 1 aromatic rings. The van der Waals surface area contributed by atoms with Crippen LogP contribution in [0.2, 0.25) is 0 Å². The van der Waals surface area contributed by atoms with Crippen LogP contribution in [0.5, 0.6) is 5.75 Å². The topological polar surface area (TPSA) is 93.2 Å². The molecule has 0 saturated carbocycles. The molecule has 0 unspecified atom stereocenters. The minimum atomic E-state index is -0.510. The van der Waals surface area contributed by atoms with E-state index in [2.05, 4.69) is 20.9 Å². The van der Waals surface area contributed by atoms with Crippen molar-refractivity contribution < 1.29 is 19.0 Å². The van der Waals surface area contributed by atoms with Crippen LogP contribution in [0.15, 0.2) is 23.2 Å². The van der Waals surface area contributed by atoms with Crippen LogP contribution < -0.4 is 20.7 Å². The minimum absolute atomic E-state index is 0. The Morgan fingerprint density at radius 2 is 1.77 bits per heavy atom. The van der Waals surface area contributed by atoms with E-state index in [0.29, 0.717) is 45.4 Å². The first-order chi connectivity index (χ1) is 14.2. The molecule has 31 heavy (non-hydrogen) atoms. The van der Waals surface area contributed by atoms with Crippen LogP contribution in [0.4, 0.5) is 4.79 Å². The van der Waals surface area contributed by atoms with E-state index in [0.717, 1.165) is 23.4 Å². The van der Waals surface area contributed by atoms with Crippen molar-refractivity contribution in [2.24, 2.45) is 4.99 Å². The van der Waals surface area contributed by atoms with Gasteiger partial charge in [-0.15, -0.1) is 24.0 Å². The lowest BCUT2D eigenvalue weighted by Gasteiger charge is -2.20. The number of nitrogens with one attached hydrogen (secondary N) is 3. The van der Waals surface area contributed by atoms with E-state index in [1.807, 2.05) is 59.7 Å². The number of carbonyl (C=O) groups excluding carboxylic acids is 1. The molecule has 0 atom stereocenters. The molecule has 1 rings (SSSR count). The van der Waals surface area contributed by atoms with Crippen molar-refractivity contribution in [1.29, 1.82) is 0 Å². The summed E-state index contributed by atoms with van der Waals surface area (Å²) in [6.07, 6.45) is -0.431. The van der Waals surface area contributed by atoms with Gasteiger partial charge in [-0.05, 0) is 53.2 Å². The van der Waals surface area contributed by atoms with Gasteiger partial charge in [0.05, 0.1) is 13.2 Å². The molecule has 178 valence electrons. The highest BCUT2D eigenvalue weighted by Crippen LogP contribution is 2.21. The monoisotopic (exact) mass is 550 g/mol. The number of nitrogens with zero attached hydrogens (tertiary/aromatic N) is 1. The van der Waals surface area contributed by atoms with Crippen LogP contribution in [0, 0.1) is 6.92 Å². The molecule has 0 aliphatic carbocycles. The van der Waals surface area contributed by atoms with Gasteiger partial charge in [0, 0.05) is 31.8 Å². The zero-order chi connectivity index (χ0) is 22.4. The average molecular weight is 550 g/mol. The Morgan fingerprint density at radius 3 is 2.42 bits per heavy atom. The maximum absolute atomic E-state index is 11.7. The normalized spacial score (nSPS) is 11.4. The fraction of sp³-hybridized carbons (Fsp3) is 0.636.